The number of hydrogen-bond donors (Lipinski definition) is 2. The molecule has 3 amide bonds. The van der Waals surface area contributed by atoms with Crippen molar-refractivity contribution in [3.8, 4) is 0 Å². The van der Waals surface area contributed by atoms with Crippen LogP contribution < -0.4 is 10.6 Å². The molecule has 1 saturated heterocycles. The largest absolute Gasteiger partial charge is 0.353 e. The number of nitrogens with one attached hydrogen (secondary N) is 2. The lowest BCUT2D eigenvalue weighted by molar-refractivity contribution is -0.131. The van der Waals surface area contributed by atoms with E-state index in [1.807, 2.05) is 13.0 Å². The van der Waals surface area contributed by atoms with Crippen LogP contribution in [0.2, 0.25) is 0 Å². The number of rotatable bonds is 6. The molecule has 1 fully saturated rings. The molecule has 2 N–H and O–H groups in total. The summed E-state index contributed by atoms with van der Waals surface area (Å²) in [5.74, 6) is -0.249. The number of benzene rings is 1. The van der Waals surface area contributed by atoms with Crippen LogP contribution in [-0.2, 0) is 9.59 Å². The van der Waals surface area contributed by atoms with Crippen LogP contribution in [0.3, 0.4) is 0 Å². The molecule has 0 aliphatic carbocycles. The van der Waals surface area contributed by atoms with Crippen LogP contribution in [0.5, 0.6) is 0 Å². The van der Waals surface area contributed by atoms with Crippen molar-refractivity contribution in [3.05, 3.63) is 35.9 Å². The number of carbonyl (C=O) groups excluding carboxylic acids is 3. The number of carbonyl (C=O) groups is 3. The summed E-state index contributed by atoms with van der Waals surface area (Å²) in [6, 6.07) is 8.98. The summed E-state index contributed by atoms with van der Waals surface area (Å²) in [6.07, 6.45) is 2.90. The van der Waals surface area contributed by atoms with Crippen LogP contribution in [0.15, 0.2) is 30.3 Å². The first-order valence-electron chi connectivity index (χ1n) is 8.50. The van der Waals surface area contributed by atoms with E-state index in [4.69, 9.17) is 0 Å². The molecule has 6 nitrogen and oxygen atoms in total. The second-order valence-corrected chi connectivity index (χ2v) is 6.02. The molecule has 0 aromatic heterocycles. The van der Waals surface area contributed by atoms with Gasteiger partial charge in [-0.2, -0.15) is 0 Å². The minimum Gasteiger partial charge on any atom is -0.353 e. The lowest BCUT2D eigenvalue weighted by atomic mass is 10.0. The summed E-state index contributed by atoms with van der Waals surface area (Å²) in [6.45, 7) is 3.19. The molecule has 1 aromatic carbocycles. The SMILES string of the molecule is CCCC(=O)NC1CCN(C(=O)CNC(=O)c2ccccc2)CC1. The fraction of sp³-hybridized carbons (Fsp3) is 0.500. The predicted molar refractivity (Wildman–Crippen MR) is 91.4 cm³/mol. The number of nitrogens with zero attached hydrogens (tertiary/aromatic N) is 1. The molecule has 1 aromatic rings. The van der Waals surface area contributed by atoms with Gasteiger partial charge in [0.2, 0.25) is 11.8 Å². The maximum atomic E-state index is 12.2. The van der Waals surface area contributed by atoms with E-state index in [1.54, 1.807) is 29.2 Å². The zero-order valence-electron chi connectivity index (χ0n) is 14.1. The van der Waals surface area contributed by atoms with Crippen molar-refractivity contribution >= 4 is 17.7 Å². The predicted octanol–water partition coefficient (Wildman–Crippen LogP) is 1.32. The summed E-state index contributed by atoms with van der Waals surface area (Å²) in [7, 11) is 0. The molecule has 1 aliphatic rings. The number of hydrogen-bond acceptors (Lipinski definition) is 3. The van der Waals surface area contributed by atoms with Gasteiger partial charge < -0.3 is 15.5 Å². The van der Waals surface area contributed by atoms with Gasteiger partial charge in [0.25, 0.3) is 5.91 Å². The Kier molecular flexibility index (Phi) is 6.78. The standard InChI is InChI=1S/C18H25N3O3/c1-2-6-16(22)20-15-9-11-21(12-10-15)17(23)13-19-18(24)14-7-4-3-5-8-14/h3-5,7-8,15H,2,6,9-13H2,1H3,(H,19,24)(H,20,22). The fourth-order valence-electron chi connectivity index (χ4n) is 2.76. The zero-order chi connectivity index (χ0) is 17.4. The van der Waals surface area contributed by atoms with Crippen LogP contribution in [0.25, 0.3) is 0 Å². The van der Waals surface area contributed by atoms with Gasteiger partial charge in [-0.15, -0.1) is 0 Å². The van der Waals surface area contributed by atoms with E-state index in [2.05, 4.69) is 10.6 Å². The Morgan fingerprint density at radius 1 is 1.12 bits per heavy atom. The Balaban J connectivity index is 1.71. The van der Waals surface area contributed by atoms with E-state index in [0.29, 0.717) is 25.1 Å². The van der Waals surface area contributed by atoms with Crippen molar-refractivity contribution in [1.29, 1.82) is 0 Å². The van der Waals surface area contributed by atoms with Gasteiger partial charge >= 0.3 is 0 Å². The monoisotopic (exact) mass is 331 g/mol. The van der Waals surface area contributed by atoms with Crippen molar-refractivity contribution < 1.29 is 14.4 Å². The van der Waals surface area contributed by atoms with Crippen LogP contribution in [0, 0.1) is 0 Å². The van der Waals surface area contributed by atoms with Crippen LogP contribution in [0.1, 0.15) is 43.0 Å². The van der Waals surface area contributed by atoms with E-state index in [9.17, 15) is 14.4 Å². The van der Waals surface area contributed by atoms with Crippen molar-refractivity contribution in [2.45, 2.75) is 38.6 Å². The lowest BCUT2D eigenvalue weighted by Gasteiger charge is -2.32. The first-order valence-corrected chi connectivity index (χ1v) is 8.50. The molecule has 1 aliphatic heterocycles. The zero-order valence-corrected chi connectivity index (χ0v) is 14.1. The molecular formula is C18H25N3O3. The Morgan fingerprint density at radius 3 is 2.42 bits per heavy atom. The first-order chi connectivity index (χ1) is 11.6. The van der Waals surface area contributed by atoms with Gasteiger partial charge in [-0.25, -0.2) is 0 Å². The van der Waals surface area contributed by atoms with E-state index in [-0.39, 0.29) is 30.3 Å². The second-order valence-electron chi connectivity index (χ2n) is 6.02. The molecule has 24 heavy (non-hydrogen) atoms. The summed E-state index contributed by atoms with van der Waals surface area (Å²) < 4.78 is 0. The molecule has 6 heteroatoms. The van der Waals surface area contributed by atoms with Crippen LogP contribution in [-0.4, -0.2) is 48.3 Å². The minimum atomic E-state index is -0.245. The highest BCUT2D eigenvalue weighted by atomic mass is 16.2. The van der Waals surface area contributed by atoms with Gasteiger partial charge in [0.15, 0.2) is 0 Å². The molecule has 0 unspecified atom stereocenters. The number of likely N-dealkylation sites (tertiary alicyclic amines) is 1. The molecule has 130 valence electrons. The summed E-state index contributed by atoms with van der Waals surface area (Å²) >= 11 is 0. The summed E-state index contributed by atoms with van der Waals surface area (Å²) in [5.41, 5.74) is 0.544. The normalized spacial score (nSPS) is 15.0. The van der Waals surface area contributed by atoms with Crippen LogP contribution in [0.4, 0.5) is 0 Å². The third kappa shape index (κ3) is 5.37. The fourth-order valence-corrected chi connectivity index (χ4v) is 2.76. The Labute approximate surface area is 142 Å². The van der Waals surface area contributed by atoms with Gasteiger partial charge in [-0.3, -0.25) is 14.4 Å². The van der Waals surface area contributed by atoms with Gasteiger partial charge in [0, 0.05) is 31.1 Å². The third-order valence-corrected chi connectivity index (χ3v) is 4.13. The second kappa shape index (κ2) is 9.05. The molecule has 0 saturated carbocycles. The quantitative estimate of drug-likeness (QED) is 0.825. The smallest absolute Gasteiger partial charge is 0.251 e. The van der Waals surface area contributed by atoms with Gasteiger partial charge in [-0.1, -0.05) is 25.1 Å². The van der Waals surface area contributed by atoms with Crippen molar-refractivity contribution in [2.24, 2.45) is 0 Å². The molecule has 0 atom stereocenters. The van der Waals surface area contributed by atoms with Gasteiger partial charge in [0.1, 0.15) is 0 Å². The summed E-state index contributed by atoms with van der Waals surface area (Å²) in [5, 5.41) is 5.66. The Hall–Kier alpha value is -2.37. The van der Waals surface area contributed by atoms with Crippen LogP contribution >= 0.6 is 0 Å². The topological polar surface area (TPSA) is 78.5 Å². The first kappa shape index (κ1) is 18.0. The molecule has 0 bridgehead atoms. The average Bonchev–Trinajstić information content (AvgIpc) is 2.61. The number of amides is 3. The average molecular weight is 331 g/mol. The number of piperidine rings is 1. The highest BCUT2D eigenvalue weighted by molar-refractivity contribution is 5.96. The Morgan fingerprint density at radius 2 is 1.79 bits per heavy atom. The maximum absolute atomic E-state index is 12.2. The molecular weight excluding hydrogens is 306 g/mol. The van der Waals surface area contributed by atoms with Crippen molar-refractivity contribution in [1.82, 2.24) is 15.5 Å². The van der Waals surface area contributed by atoms with Gasteiger partial charge in [-0.05, 0) is 31.4 Å². The molecule has 1 heterocycles. The summed E-state index contributed by atoms with van der Waals surface area (Å²) in [4.78, 5) is 37.5. The molecule has 0 spiro atoms. The van der Waals surface area contributed by atoms with Gasteiger partial charge in [0.05, 0.1) is 6.54 Å². The highest BCUT2D eigenvalue weighted by Crippen LogP contribution is 2.11. The molecule has 0 radical (unpaired) electrons. The van der Waals surface area contributed by atoms with E-state index < -0.39 is 0 Å². The van der Waals surface area contributed by atoms with Crippen molar-refractivity contribution in [3.63, 3.8) is 0 Å². The Bertz CT molecular complexity index is 566. The lowest BCUT2D eigenvalue weighted by Crippen LogP contribution is -2.49. The maximum Gasteiger partial charge on any atom is 0.251 e. The highest BCUT2D eigenvalue weighted by Gasteiger charge is 2.23. The minimum absolute atomic E-state index is 0.000583. The third-order valence-electron chi connectivity index (χ3n) is 4.13. The van der Waals surface area contributed by atoms with Crippen molar-refractivity contribution in [2.75, 3.05) is 19.6 Å². The van der Waals surface area contributed by atoms with E-state index >= 15 is 0 Å². The van der Waals surface area contributed by atoms with E-state index in [1.165, 1.54) is 0 Å². The molecule has 2 rings (SSSR count). The van der Waals surface area contributed by atoms with E-state index in [0.717, 1.165) is 19.3 Å².